The predicted octanol–water partition coefficient (Wildman–Crippen LogP) is 1.71. The zero-order valence-electron chi connectivity index (χ0n) is 9.45. The zero-order chi connectivity index (χ0) is 13.2. The second kappa shape index (κ2) is 4.63. The fourth-order valence-electron chi connectivity index (χ4n) is 1.27. The Morgan fingerprint density at radius 2 is 2.00 bits per heavy atom. The third-order valence-corrected chi connectivity index (χ3v) is 2.56. The van der Waals surface area contributed by atoms with Crippen molar-refractivity contribution in [2.24, 2.45) is 5.73 Å². The Bertz CT molecular complexity index is 472. The van der Waals surface area contributed by atoms with Crippen molar-refractivity contribution >= 4 is 29.2 Å². The number of benzene rings is 1. The van der Waals surface area contributed by atoms with E-state index < -0.39 is 17.4 Å². The molecule has 0 aliphatic heterocycles. The van der Waals surface area contributed by atoms with Crippen molar-refractivity contribution < 1.29 is 14.7 Å². The van der Waals surface area contributed by atoms with Crippen molar-refractivity contribution in [2.75, 3.05) is 5.32 Å². The number of nitrogens with one attached hydrogen (secondary N) is 1. The average molecular weight is 257 g/mol. The molecule has 1 amide bonds. The highest BCUT2D eigenvalue weighted by molar-refractivity contribution is 6.34. The van der Waals surface area contributed by atoms with Crippen molar-refractivity contribution in [2.45, 2.75) is 19.4 Å². The highest BCUT2D eigenvalue weighted by Crippen LogP contribution is 2.26. The van der Waals surface area contributed by atoms with Crippen LogP contribution in [0.2, 0.25) is 5.02 Å². The number of halogens is 1. The van der Waals surface area contributed by atoms with E-state index >= 15 is 0 Å². The van der Waals surface area contributed by atoms with Gasteiger partial charge in [0.15, 0.2) is 0 Å². The largest absolute Gasteiger partial charge is 0.480 e. The summed E-state index contributed by atoms with van der Waals surface area (Å²) in [6.07, 6.45) is 0. The van der Waals surface area contributed by atoms with Crippen LogP contribution >= 0.6 is 11.6 Å². The fraction of sp³-hybridized carbons (Fsp3) is 0.273. The summed E-state index contributed by atoms with van der Waals surface area (Å²) < 4.78 is 0. The maximum absolute atomic E-state index is 11.2. The monoisotopic (exact) mass is 256 g/mol. The van der Waals surface area contributed by atoms with Crippen LogP contribution in [-0.4, -0.2) is 22.5 Å². The first-order valence-electron chi connectivity index (χ1n) is 4.85. The quantitative estimate of drug-likeness (QED) is 0.765. The third kappa shape index (κ3) is 2.88. The molecular formula is C11H13ClN2O3. The summed E-state index contributed by atoms with van der Waals surface area (Å²) in [6.45, 7) is 2.95. The number of rotatable bonds is 4. The minimum Gasteiger partial charge on any atom is -0.480 e. The van der Waals surface area contributed by atoms with Crippen molar-refractivity contribution in [3.05, 3.63) is 28.8 Å². The van der Waals surface area contributed by atoms with Crippen molar-refractivity contribution in [1.29, 1.82) is 0 Å². The number of carboxylic acids is 1. The van der Waals surface area contributed by atoms with E-state index in [-0.39, 0.29) is 10.6 Å². The van der Waals surface area contributed by atoms with Gasteiger partial charge in [0, 0.05) is 5.69 Å². The molecular weight excluding hydrogens is 244 g/mol. The Labute approximate surface area is 104 Å². The lowest BCUT2D eigenvalue weighted by Gasteiger charge is -2.23. The maximum atomic E-state index is 11.2. The molecule has 0 atom stereocenters. The maximum Gasteiger partial charge on any atom is 0.328 e. The first kappa shape index (κ1) is 13.3. The van der Waals surface area contributed by atoms with E-state index in [1.807, 2.05) is 0 Å². The van der Waals surface area contributed by atoms with Gasteiger partial charge in [0.2, 0.25) is 0 Å². The summed E-state index contributed by atoms with van der Waals surface area (Å²) in [4.78, 5) is 22.2. The van der Waals surface area contributed by atoms with Gasteiger partial charge >= 0.3 is 5.97 Å². The molecule has 5 nitrogen and oxygen atoms in total. The molecule has 92 valence electrons. The van der Waals surface area contributed by atoms with Crippen molar-refractivity contribution in [3.8, 4) is 0 Å². The summed E-state index contributed by atoms with van der Waals surface area (Å²) in [5.41, 5.74) is 4.36. The number of carbonyl (C=O) groups excluding carboxylic acids is 1. The molecule has 6 heteroatoms. The zero-order valence-corrected chi connectivity index (χ0v) is 10.2. The molecule has 0 aliphatic carbocycles. The van der Waals surface area contributed by atoms with Gasteiger partial charge in [-0.3, -0.25) is 4.79 Å². The van der Waals surface area contributed by atoms with E-state index in [1.165, 1.54) is 19.9 Å². The van der Waals surface area contributed by atoms with Gasteiger partial charge < -0.3 is 16.2 Å². The number of carbonyl (C=O) groups is 2. The number of aliphatic carboxylic acids is 1. The summed E-state index contributed by atoms with van der Waals surface area (Å²) in [6, 6.07) is 4.67. The van der Waals surface area contributed by atoms with Crippen LogP contribution in [0.1, 0.15) is 24.2 Å². The number of anilines is 1. The second-order valence-corrected chi connectivity index (χ2v) is 4.49. The van der Waals surface area contributed by atoms with E-state index in [4.69, 9.17) is 22.4 Å². The first-order chi connectivity index (χ1) is 7.75. The Balaban J connectivity index is 3.20. The highest BCUT2D eigenvalue weighted by atomic mass is 35.5. The van der Waals surface area contributed by atoms with Gasteiger partial charge in [-0.2, -0.15) is 0 Å². The lowest BCUT2D eigenvalue weighted by Crippen LogP contribution is -2.40. The second-order valence-electron chi connectivity index (χ2n) is 4.08. The standard InChI is InChI=1S/C11H13ClN2O3/c1-11(2,10(16)17)14-7-5-3-4-6(12)8(7)9(13)15/h3-5,14H,1-2H3,(H2,13,15)(H,16,17). The van der Waals surface area contributed by atoms with Crippen LogP contribution in [0.4, 0.5) is 5.69 Å². The van der Waals surface area contributed by atoms with Gasteiger partial charge in [0.25, 0.3) is 5.91 Å². The Morgan fingerprint density at radius 1 is 1.41 bits per heavy atom. The van der Waals surface area contributed by atoms with Crippen molar-refractivity contribution in [1.82, 2.24) is 0 Å². The lowest BCUT2D eigenvalue weighted by atomic mass is 10.0. The minimum absolute atomic E-state index is 0.0866. The van der Waals surface area contributed by atoms with E-state index in [1.54, 1.807) is 12.1 Å². The molecule has 1 rings (SSSR count). The normalized spacial score (nSPS) is 11.0. The number of nitrogens with two attached hydrogens (primary N) is 1. The summed E-state index contributed by atoms with van der Waals surface area (Å²) in [5, 5.41) is 11.9. The Kier molecular flexibility index (Phi) is 3.63. The van der Waals surface area contributed by atoms with Crippen LogP contribution in [-0.2, 0) is 4.79 Å². The molecule has 0 heterocycles. The van der Waals surface area contributed by atoms with Gasteiger partial charge in [0.1, 0.15) is 5.54 Å². The fourth-order valence-corrected chi connectivity index (χ4v) is 1.54. The van der Waals surface area contributed by atoms with Crippen LogP contribution < -0.4 is 11.1 Å². The van der Waals surface area contributed by atoms with E-state index in [9.17, 15) is 9.59 Å². The van der Waals surface area contributed by atoms with Crippen LogP contribution in [0.15, 0.2) is 18.2 Å². The van der Waals surface area contributed by atoms with E-state index in [0.717, 1.165) is 0 Å². The van der Waals surface area contributed by atoms with Gasteiger partial charge in [-0.25, -0.2) is 4.79 Å². The van der Waals surface area contributed by atoms with E-state index in [2.05, 4.69) is 5.32 Å². The summed E-state index contributed by atoms with van der Waals surface area (Å²) >= 11 is 5.84. The van der Waals surface area contributed by atoms with Gasteiger partial charge in [-0.1, -0.05) is 17.7 Å². The number of hydrogen-bond acceptors (Lipinski definition) is 3. The van der Waals surface area contributed by atoms with Gasteiger partial charge in [-0.15, -0.1) is 0 Å². The molecule has 0 bridgehead atoms. The van der Waals surface area contributed by atoms with Crippen LogP contribution in [0, 0.1) is 0 Å². The molecule has 0 radical (unpaired) electrons. The average Bonchev–Trinajstić information content (AvgIpc) is 2.15. The predicted molar refractivity (Wildman–Crippen MR) is 65.3 cm³/mol. The topological polar surface area (TPSA) is 92.4 Å². The SMILES string of the molecule is CC(C)(Nc1cccc(Cl)c1C(N)=O)C(=O)O. The number of carboxylic acid groups (broad SMARTS) is 1. The Morgan fingerprint density at radius 3 is 2.47 bits per heavy atom. The molecule has 1 aromatic carbocycles. The van der Waals surface area contributed by atoms with Crippen LogP contribution in [0.5, 0.6) is 0 Å². The molecule has 0 aromatic heterocycles. The van der Waals surface area contributed by atoms with E-state index in [0.29, 0.717) is 5.69 Å². The van der Waals surface area contributed by atoms with Crippen LogP contribution in [0.3, 0.4) is 0 Å². The number of primary amides is 1. The lowest BCUT2D eigenvalue weighted by molar-refractivity contribution is -0.141. The first-order valence-corrected chi connectivity index (χ1v) is 5.23. The summed E-state index contributed by atoms with van der Waals surface area (Å²) in [7, 11) is 0. The molecule has 0 saturated carbocycles. The minimum atomic E-state index is -1.23. The number of amides is 1. The molecule has 0 aliphatic rings. The number of hydrogen-bond donors (Lipinski definition) is 3. The molecule has 1 aromatic rings. The van der Waals surface area contributed by atoms with Gasteiger partial charge in [0.05, 0.1) is 10.6 Å². The smallest absolute Gasteiger partial charge is 0.328 e. The summed E-state index contributed by atoms with van der Waals surface area (Å²) in [5.74, 6) is -1.76. The van der Waals surface area contributed by atoms with Crippen LogP contribution in [0.25, 0.3) is 0 Å². The molecule has 4 N–H and O–H groups in total. The molecule has 0 saturated heterocycles. The molecule has 0 unspecified atom stereocenters. The van der Waals surface area contributed by atoms with Crippen molar-refractivity contribution in [3.63, 3.8) is 0 Å². The molecule has 0 fully saturated rings. The third-order valence-electron chi connectivity index (χ3n) is 2.24. The van der Waals surface area contributed by atoms with Gasteiger partial charge in [-0.05, 0) is 26.0 Å². The Hall–Kier alpha value is -1.75. The highest BCUT2D eigenvalue weighted by Gasteiger charge is 2.28. The molecule has 17 heavy (non-hydrogen) atoms. The molecule has 0 spiro atoms.